The van der Waals surface area contributed by atoms with Gasteiger partial charge >= 0.3 is 37.9 Å². The Hall–Kier alpha value is -0.557. The molecular formula is C15H13Cl2NZr. The fourth-order valence-electron chi connectivity index (χ4n) is 2.12. The van der Waals surface area contributed by atoms with Crippen molar-refractivity contribution >= 4 is 17.0 Å². The van der Waals surface area contributed by atoms with Crippen molar-refractivity contribution in [2.24, 2.45) is 0 Å². The summed E-state index contributed by atoms with van der Waals surface area (Å²) in [4.78, 5) is 0. The Morgan fingerprint density at radius 2 is 1.58 bits per heavy atom. The summed E-state index contributed by atoms with van der Waals surface area (Å²) in [5.74, 6) is 0. The molecular weight excluding hydrogens is 356 g/mol. The third-order valence-corrected chi connectivity index (χ3v) is 2.85. The van der Waals surface area contributed by atoms with Gasteiger partial charge in [0.05, 0.1) is 0 Å². The molecule has 3 aliphatic rings. The third kappa shape index (κ3) is 3.95. The zero-order valence-corrected chi connectivity index (χ0v) is 14.4. The molecule has 0 fully saturated rings. The van der Waals surface area contributed by atoms with Crippen molar-refractivity contribution in [2.45, 2.75) is 6.92 Å². The number of fused-ring (bicyclic) bond motifs is 1. The first kappa shape index (κ1) is 14.8. The van der Waals surface area contributed by atoms with Gasteiger partial charge in [-0.05, 0) is 53.5 Å². The molecule has 1 aliphatic heterocycles. The van der Waals surface area contributed by atoms with Crippen LogP contribution in [0.1, 0.15) is 6.92 Å². The van der Waals surface area contributed by atoms with Crippen LogP contribution in [0.4, 0.5) is 0 Å². The van der Waals surface area contributed by atoms with Gasteiger partial charge in [0, 0.05) is 11.9 Å². The summed E-state index contributed by atoms with van der Waals surface area (Å²) in [6.45, 7) is 2.13. The molecule has 0 bridgehead atoms. The monoisotopic (exact) mass is 367 g/mol. The quantitative estimate of drug-likeness (QED) is 0.708. The van der Waals surface area contributed by atoms with Gasteiger partial charge in [0.25, 0.3) is 0 Å². The maximum atomic E-state index is 4.93. The average molecular weight is 369 g/mol. The molecule has 1 heterocycles. The molecule has 96 valence electrons. The van der Waals surface area contributed by atoms with E-state index in [2.05, 4.69) is 48.7 Å². The maximum absolute atomic E-state index is 4.93. The zero-order valence-electron chi connectivity index (χ0n) is 10.5. The van der Waals surface area contributed by atoms with Gasteiger partial charge in [0.2, 0.25) is 0 Å². The molecule has 0 atom stereocenters. The normalized spacial score (nSPS) is 18.8. The molecule has 0 unspecified atom stereocenters. The van der Waals surface area contributed by atoms with Crippen LogP contribution in [0.5, 0.6) is 0 Å². The molecule has 1 N–H and O–H groups in total. The van der Waals surface area contributed by atoms with E-state index in [1.807, 2.05) is 18.4 Å². The van der Waals surface area contributed by atoms with Crippen molar-refractivity contribution in [2.75, 3.05) is 0 Å². The van der Waals surface area contributed by atoms with Gasteiger partial charge < -0.3 is 5.32 Å². The molecule has 2 aliphatic carbocycles. The number of hydrogen-bond acceptors (Lipinski definition) is 1. The van der Waals surface area contributed by atoms with Crippen LogP contribution in [0.3, 0.4) is 0 Å². The van der Waals surface area contributed by atoms with E-state index in [0.29, 0.717) is 0 Å². The molecule has 19 heavy (non-hydrogen) atoms. The van der Waals surface area contributed by atoms with E-state index in [0.717, 1.165) is 5.70 Å². The minimum atomic E-state index is -0.826. The van der Waals surface area contributed by atoms with Gasteiger partial charge in [-0.2, -0.15) is 0 Å². The second-order valence-electron chi connectivity index (χ2n) is 4.23. The van der Waals surface area contributed by atoms with E-state index in [4.69, 9.17) is 17.0 Å². The van der Waals surface area contributed by atoms with Crippen LogP contribution in [0.15, 0.2) is 82.8 Å². The summed E-state index contributed by atoms with van der Waals surface area (Å²) in [6.07, 6.45) is 19.0. The Balaban J connectivity index is 0.000000408. The predicted octanol–water partition coefficient (Wildman–Crippen LogP) is 4.67. The molecule has 4 heteroatoms. The first-order chi connectivity index (χ1) is 9.24. The first-order valence-corrected chi connectivity index (χ1v) is 12.2. The van der Waals surface area contributed by atoms with Gasteiger partial charge in [-0.25, -0.2) is 0 Å². The Labute approximate surface area is 132 Å². The molecule has 0 amide bonds. The summed E-state index contributed by atoms with van der Waals surface area (Å²) in [5, 5.41) is 3.28. The van der Waals surface area contributed by atoms with E-state index < -0.39 is 20.8 Å². The third-order valence-electron chi connectivity index (χ3n) is 2.85. The van der Waals surface area contributed by atoms with Gasteiger partial charge in [-0.15, -0.1) is 0 Å². The molecule has 0 aromatic carbocycles. The van der Waals surface area contributed by atoms with Crippen LogP contribution in [0.25, 0.3) is 0 Å². The van der Waals surface area contributed by atoms with Crippen LogP contribution in [0, 0.1) is 0 Å². The SMILES string of the molecule is CC1=CC2=CC(C3=CC=CC=CN3)=CC2=C1.[Cl][Zr][Cl]. The van der Waals surface area contributed by atoms with Crippen LogP contribution in [-0.2, 0) is 20.8 Å². The van der Waals surface area contributed by atoms with Crippen LogP contribution < -0.4 is 5.32 Å². The summed E-state index contributed by atoms with van der Waals surface area (Å²) >= 11 is -0.826. The molecule has 0 saturated carbocycles. The van der Waals surface area contributed by atoms with Crippen LogP contribution in [-0.4, -0.2) is 0 Å². The molecule has 0 radical (unpaired) electrons. The summed E-state index contributed by atoms with van der Waals surface area (Å²) in [7, 11) is 9.87. The van der Waals surface area contributed by atoms with E-state index in [9.17, 15) is 0 Å². The number of nitrogens with one attached hydrogen (secondary N) is 1. The Morgan fingerprint density at radius 1 is 0.895 bits per heavy atom. The van der Waals surface area contributed by atoms with E-state index in [1.165, 1.54) is 22.3 Å². The Bertz CT molecular complexity index is 575. The van der Waals surface area contributed by atoms with Crippen molar-refractivity contribution in [1.29, 1.82) is 0 Å². The van der Waals surface area contributed by atoms with Gasteiger partial charge in [-0.1, -0.05) is 24.3 Å². The second kappa shape index (κ2) is 7.29. The number of hydrogen-bond donors (Lipinski definition) is 1. The van der Waals surface area contributed by atoms with Crippen molar-refractivity contribution in [3.05, 3.63) is 82.8 Å². The molecule has 3 rings (SSSR count). The molecule has 0 aromatic rings. The van der Waals surface area contributed by atoms with Crippen molar-refractivity contribution in [3.8, 4) is 0 Å². The summed E-state index contributed by atoms with van der Waals surface area (Å²) in [5.41, 5.74) is 6.39. The van der Waals surface area contributed by atoms with Crippen LogP contribution >= 0.6 is 17.0 Å². The van der Waals surface area contributed by atoms with Crippen LogP contribution in [0.2, 0.25) is 0 Å². The topological polar surface area (TPSA) is 12.0 Å². The van der Waals surface area contributed by atoms with Gasteiger partial charge in [0.15, 0.2) is 0 Å². The second-order valence-corrected chi connectivity index (χ2v) is 7.96. The van der Waals surface area contributed by atoms with Gasteiger partial charge in [-0.3, -0.25) is 0 Å². The molecule has 1 nitrogen and oxygen atoms in total. The van der Waals surface area contributed by atoms with E-state index in [1.54, 1.807) is 0 Å². The number of halogens is 2. The summed E-state index contributed by atoms with van der Waals surface area (Å²) < 4.78 is 0. The summed E-state index contributed by atoms with van der Waals surface area (Å²) in [6, 6.07) is 0. The first-order valence-electron chi connectivity index (χ1n) is 5.85. The Morgan fingerprint density at radius 3 is 2.32 bits per heavy atom. The molecule has 0 saturated heterocycles. The number of rotatable bonds is 1. The van der Waals surface area contributed by atoms with Gasteiger partial charge in [0.1, 0.15) is 0 Å². The van der Waals surface area contributed by atoms with Crippen molar-refractivity contribution < 1.29 is 20.8 Å². The van der Waals surface area contributed by atoms with E-state index >= 15 is 0 Å². The van der Waals surface area contributed by atoms with Crippen molar-refractivity contribution in [3.63, 3.8) is 0 Å². The predicted molar refractivity (Wildman–Crippen MR) is 79.2 cm³/mol. The fraction of sp³-hybridized carbons (Fsp3) is 0.0667. The van der Waals surface area contributed by atoms with Crippen molar-refractivity contribution in [1.82, 2.24) is 5.32 Å². The average Bonchev–Trinajstić information content (AvgIpc) is 2.77. The fourth-order valence-corrected chi connectivity index (χ4v) is 2.12. The minimum absolute atomic E-state index is 0.826. The Kier molecular flexibility index (Phi) is 5.69. The molecule has 0 spiro atoms. The zero-order chi connectivity index (χ0) is 13.7. The molecule has 0 aromatic heterocycles. The van der Waals surface area contributed by atoms with E-state index in [-0.39, 0.29) is 0 Å². The number of allylic oxidation sites excluding steroid dienone is 11. The standard InChI is InChI=1S/C15H13N.2ClH.Zr/c1-11-7-12-9-14(10-13(12)8-11)15-5-3-2-4-6-16-15;;;/h2-10,16H,1H3;2*1H;/q;;;+2/p-2.